The molecule has 0 aliphatic carbocycles. The van der Waals surface area contributed by atoms with Crippen molar-refractivity contribution >= 4 is 32.9 Å². The molecule has 0 rings (SSSR count). The van der Waals surface area contributed by atoms with Gasteiger partial charge in [0.15, 0.2) is 0 Å². The van der Waals surface area contributed by atoms with Gasteiger partial charge in [-0.2, -0.15) is 0 Å². The molecule has 0 heterocycles. The van der Waals surface area contributed by atoms with Gasteiger partial charge >= 0.3 is 24.9 Å². The minimum atomic E-state index is 0.366. The second kappa shape index (κ2) is 29.4. The van der Waals surface area contributed by atoms with Crippen LogP contribution >= 0.6 is 18.5 Å². The average molecular weight is 482 g/mol. The Bertz CT molecular complexity index is 212. The van der Waals surface area contributed by atoms with Crippen LogP contribution < -0.4 is 0 Å². The van der Waals surface area contributed by atoms with Crippen molar-refractivity contribution in [3.05, 3.63) is 0 Å². The van der Waals surface area contributed by atoms with Crippen molar-refractivity contribution < 1.29 is 0 Å². The third kappa shape index (κ3) is 27.2. The summed E-state index contributed by atoms with van der Waals surface area (Å²) in [6, 6.07) is 0. The van der Waals surface area contributed by atoms with Crippen LogP contribution in [-0.4, -0.2) is 32.9 Å². The summed E-state index contributed by atoms with van der Waals surface area (Å²) in [5.41, 5.74) is 0. The second-order valence-electron chi connectivity index (χ2n) is 8.14. The molecule has 3 heteroatoms. The van der Waals surface area contributed by atoms with Gasteiger partial charge in [-0.05, 0) is 37.7 Å². The predicted molar refractivity (Wildman–Crippen MR) is 135 cm³/mol. The molecule has 0 aliphatic rings. The second-order valence-corrected chi connectivity index (χ2v) is 10.8. The summed E-state index contributed by atoms with van der Waals surface area (Å²) in [6.07, 6.45) is 31.2. The summed E-state index contributed by atoms with van der Waals surface area (Å²) < 4.78 is 0. The number of unbranched alkanes of at least 4 members (excludes halogenated alkanes) is 15. The van der Waals surface area contributed by atoms with Crippen LogP contribution in [-0.2, 0) is 0 Å². The van der Waals surface area contributed by atoms with E-state index in [0.29, 0.717) is 7.92 Å². The molecule has 0 amide bonds. The standard InChI is InChI=1S/C24H51P.SSe/c1-4-7-10-13-16-19-22-25(23-20-17-14-11-8-5-2)24-21-18-15-12-9-6-3;1-2/h4-24H2,1-3H3;. The van der Waals surface area contributed by atoms with Crippen molar-refractivity contribution in [3.8, 4) is 0 Å². The van der Waals surface area contributed by atoms with Crippen LogP contribution in [0.4, 0.5) is 0 Å². The van der Waals surface area contributed by atoms with E-state index in [1.54, 1.807) is 18.5 Å². The summed E-state index contributed by atoms with van der Waals surface area (Å²) in [4.78, 5) is 0. The molecular weight excluding hydrogens is 430 g/mol. The first kappa shape index (κ1) is 30.4. The first-order valence-corrected chi connectivity index (χ1v) is 16.6. The van der Waals surface area contributed by atoms with E-state index < -0.39 is 0 Å². The van der Waals surface area contributed by atoms with Gasteiger partial charge in [0.25, 0.3) is 0 Å². The van der Waals surface area contributed by atoms with E-state index in [2.05, 4.69) is 45.7 Å². The van der Waals surface area contributed by atoms with E-state index >= 15 is 0 Å². The Morgan fingerprint density at radius 1 is 0.407 bits per heavy atom. The Kier molecular flexibility index (Phi) is 33.0. The molecular formula is C24H51PSSe. The summed E-state index contributed by atoms with van der Waals surface area (Å²) in [5.74, 6) is 0. The third-order valence-electron chi connectivity index (χ3n) is 5.48. The minimum absolute atomic E-state index is 0.366. The molecule has 0 aromatic heterocycles. The van der Waals surface area contributed by atoms with E-state index in [4.69, 9.17) is 0 Å². The molecule has 0 unspecified atom stereocenters. The van der Waals surface area contributed by atoms with Gasteiger partial charge in [-0.15, -0.1) is 7.92 Å². The van der Waals surface area contributed by atoms with E-state index in [1.165, 1.54) is 116 Å². The van der Waals surface area contributed by atoms with Crippen LogP contribution in [0.2, 0.25) is 0 Å². The van der Waals surface area contributed by atoms with Gasteiger partial charge in [0, 0.05) is 0 Å². The van der Waals surface area contributed by atoms with Crippen LogP contribution in [0.15, 0.2) is 0 Å². The zero-order valence-corrected chi connectivity index (χ0v) is 22.5. The summed E-state index contributed by atoms with van der Waals surface area (Å²) in [5, 5.41) is 0. The van der Waals surface area contributed by atoms with Crippen molar-refractivity contribution in [2.75, 3.05) is 18.5 Å². The first-order valence-electron chi connectivity index (χ1n) is 12.2. The first-order chi connectivity index (χ1) is 13.3. The topological polar surface area (TPSA) is 0 Å². The SMILES string of the molecule is CCCCCCCCP(CCCCCCCC)CCCCCCCC.S=[Se]. The number of hydrogen-bond donors (Lipinski definition) is 0. The molecule has 27 heavy (non-hydrogen) atoms. The quantitative estimate of drug-likeness (QED) is 0.0893. The third-order valence-corrected chi connectivity index (χ3v) is 8.33. The molecule has 164 valence electrons. The van der Waals surface area contributed by atoms with E-state index in [-0.39, 0.29) is 0 Å². The maximum atomic E-state index is 3.96. The maximum absolute atomic E-state index is 3.96. The van der Waals surface area contributed by atoms with Crippen molar-refractivity contribution in [1.82, 2.24) is 0 Å². The zero-order valence-electron chi connectivity index (χ0n) is 19.1. The fourth-order valence-corrected chi connectivity index (χ4v) is 6.37. The molecule has 0 bridgehead atoms. The Labute approximate surface area is 187 Å². The molecule has 0 aliphatic heterocycles. The zero-order chi connectivity index (χ0) is 20.4. The van der Waals surface area contributed by atoms with Crippen molar-refractivity contribution in [3.63, 3.8) is 0 Å². The Hall–Kier alpha value is 1.17. The Morgan fingerprint density at radius 3 is 0.889 bits per heavy atom. The molecule has 0 atom stereocenters. The van der Waals surface area contributed by atoms with Crippen molar-refractivity contribution in [1.29, 1.82) is 0 Å². The normalized spacial score (nSPS) is 10.8. The van der Waals surface area contributed by atoms with Gasteiger partial charge in [-0.1, -0.05) is 117 Å². The molecule has 0 N–H and O–H groups in total. The van der Waals surface area contributed by atoms with Gasteiger partial charge in [0.1, 0.15) is 0 Å². The van der Waals surface area contributed by atoms with Gasteiger partial charge < -0.3 is 0 Å². The van der Waals surface area contributed by atoms with Crippen molar-refractivity contribution in [2.45, 2.75) is 136 Å². The van der Waals surface area contributed by atoms with Crippen LogP contribution in [0.1, 0.15) is 136 Å². The molecule has 0 fully saturated rings. The number of hydrogen-bond acceptors (Lipinski definition) is 1. The van der Waals surface area contributed by atoms with Crippen molar-refractivity contribution in [2.24, 2.45) is 0 Å². The van der Waals surface area contributed by atoms with Crippen LogP contribution in [0.25, 0.3) is 0 Å². The Morgan fingerprint density at radius 2 is 0.630 bits per heavy atom. The Balaban J connectivity index is 0. The fourth-order valence-electron chi connectivity index (χ4n) is 3.68. The van der Waals surface area contributed by atoms with E-state index in [9.17, 15) is 0 Å². The molecule has 0 saturated heterocycles. The van der Waals surface area contributed by atoms with Crippen LogP contribution in [0, 0.1) is 0 Å². The summed E-state index contributed by atoms with van der Waals surface area (Å²) in [6.45, 7) is 6.96. The van der Waals surface area contributed by atoms with Crippen LogP contribution in [0.3, 0.4) is 0 Å². The van der Waals surface area contributed by atoms with Crippen LogP contribution in [0.5, 0.6) is 0 Å². The molecule has 0 aromatic rings. The molecule has 0 aromatic carbocycles. The predicted octanol–water partition coefficient (Wildman–Crippen LogP) is 9.82. The molecule has 0 nitrogen and oxygen atoms in total. The van der Waals surface area contributed by atoms with Gasteiger partial charge in [0.05, 0.1) is 0 Å². The van der Waals surface area contributed by atoms with Gasteiger partial charge in [0.2, 0.25) is 0 Å². The monoisotopic (exact) mass is 482 g/mol. The summed E-state index contributed by atoms with van der Waals surface area (Å²) >= 11 is 2.21. The molecule has 0 spiro atoms. The molecule has 0 radical (unpaired) electrons. The number of rotatable bonds is 21. The average Bonchev–Trinajstić information content (AvgIpc) is 2.70. The molecule has 0 saturated carbocycles. The van der Waals surface area contributed by atoms with E-state index in [1.807, 2.05) is 0 Å². The van der Waals surface area contributed by atoms with Gasteiger partial charge in [-0.25, -0.2) is 0 Å². The van der Waals surface area contributed by atoms with Gasteiger partial charge in [-0.3, -0.25) is 0 Å². The fraction of sp³-hybridized carbons (Fsp3) is 1.00. The van der Waals surface area contributed by atoms with E-state index in [0.717, 1.165) is 0 Å². The summed E-state index contributed by atoms with van der Waals surface area (Å²) in [7, 11) is 4.32.